The van der Waals surface area contributed by atoms with Gasteiger partial charge >= 0.3 is 6.03 Å². The van der Waals surface area contributed by atoms with Crippen LogP contribution in [0.15, 0.2) is 12.4 Å². The van der Waals surface area contributed by atoms with Gasteiger partial charge in [-0.15, -0.1) is 0 Å². The number of imidazole rings is 1. The molecule has 2 saturated heterocycles. The number of likely N-dealkylation sites (N-methyl/N-ethyl adjacent to an activating group) is 1. The largest absolute Gasteiger partial charge is 0.381 e. The maximum atomic E-state index is 12.4. The zero-order valence-electron chi connectivity index (χ0n) is 13.1. The molecule has 1 aromatic heterocycles. The molecule has 0 aromatic carbocycles. The van der Waals surface area contributed by atoms with Gasteiger partial charge in [0.1, 0.15) is 5.82 Å². The molecule has 7 nitrogen and oxygen atoms in total. The van der Waals surface area contributed by atoms with E-state index in [9.17, 15) is 4.79 Å². The van der Waals surface area contributed by atoms with Crippen molar-refractivity contribution in [3.63, 3.8) is 0 Å². The molecular weight excluding hydrogens is 282 g/mol. The Morgan fingerprint density at radius 2 is 2.45 bits per heavy atom. The smallest absolute Gasteiger partial charge is 0.317 e. The Bertz CT molecular complexity index is 472. The summed E-state index contributed by atoms with van der Waals surface area (Å²) in [4.78, 5) is 24.2. The lowest BCUT2D eigenvalue weighted by Gasteiger charge is -2.40. The Balaban J connectivity index is 1.56. The number of nitrogens with zero attached hydrogens (tertiary/aromatic N) is 3. The van der Waals surface area contributed by atoms with Crippen molar-refractivity contribution in [2.24, 2.45) is 5.92 Å². The number of hydrogen-bond donors (Lipinski definition) is 2. The molecule has 0 bridgehead atoms. The van der Waals surface area contributed by atoms with E-state index >= 15 is 0 Å². The van der Waals surface area contributed by atoms with Crippen molar-refractivity contribution in [3.05, 3.63) is 18.2 Å². The van der Waals surface area contributed by atoms with Crippen LogP contribution < -0.4 is 5.32 Å². The van der Waals surface area contributed by atoms with E-state index in [2.05, 4.69) is 27.1 Å². The first-order valence-corrected chi connectivity index (χ1v) is 8.11. The van der Waals surface area contributed by atoms with Crippen LogP contribution in [0.4, 0.5) is 4.79 Å². The first-order chi connectivity index (χ1) is 10.8. The molecule has 122 valence electrons. The van der Waals surface area contributed by atoms with Gasteiger partial charge in [-0.2, -0.15) is 0 Å². The van der Waals surface area contributed by atoms with Crippen molar-refractivity contribution in [2.45, 2.75) is 19.4 Å². The molecule has 3 heterocycles. The predicted molar refractivity (Wildman–Crippen MR) is 82.5 cm³/mol. The molecule has 1 aromatic rings. The van der Waals surface area contributed by atoms with Gasteiger partial charge in [-0.3, -0.25) is 4.90 Å². The van der Waals surface area contributed by atoms with Crippen LogP contribution in [0, 0.1) is 5.92 Å². The molecule has 2 fully saturated rings. The highest BCUT2D eigenvalue weighted by Gasteiger charge is 2.31. The molecule has 2 aliphatic rings. The van der Waals surface area contributed by atoms with E-state index in [0.717, 1.165) is 45.1 Å². The average Bonchev–Trinajstić information content (AvgIpc) is 3.25. The Labute approximate surface area is 131 Å². The van der Waals surface area contributed by atoms with Crippen molar-refractivity contribution in [2.75, 3.05) is 45.9 Å². The minimum Gasteiger partial charge on any atom is -0.381 e. The highest BCUT2D eigenvalue weighted by Crippen LogP contribution is 2.22. The van der Waals surface area contributed by atoms with Gasteiger partial charge in [0.25, 0.3) is 0 Å². The molecule has 0 spiro atoms. The first kappa shape index (κ1) is 15.3. The highest BCUT2D eigenvalue weighted by atomic mass is 16.5. The lowest BCUT2D eigenvalue weighted by molar-refractivity contribution is 0.0892. The molecule has 0 radical (unpaired) electrons. The van der Waals surface area contributed by atoms with Gasteiger partial charge < -0.3 is 19.9 Å². The summed E-state index contributed by atoms with van der Waals surface area (Å²) in [6, 6.07) is 0.175. The Morgan fingerprint density at radius 1 is 1.55 bits per heavy atom. The van der Waals surface area contributed by atoms with Crippen molar-refractivity contribution < 1.29 is 9.53 Å². The van der Waals surface area contributed by atoms with Crippen molar-refractivity contribution in [1.29, 1.82) is 0 Å². The monoisotopic (exact) mass is 307 g/mol. The number of aromatic nitrogens is 2. The van der Waals surface area contributed by atoms with Gasteiger partial charge in [0.2, 0.25) is 0 Å². The number of ether oxygens (including phenoxy) is 1. The van der Waals surface area contributed by atoms with Crippen LogP contribution in [-0.4, -0.2) is 71.7 Å². The molecule has 3 rings (SSSR count). The second-order valence-electron chi connectivity index (χ2n) is 5.98. The standard InChI is InChI=1S/C15H25N5O2/c1-2-19-6-7-20(10-13(19)14-16-4-5-17-14)15(21)18-9-12-3-8-22-11-12/h4-5,12-13H,2-3,6-11H2,1H3,(H,16,17)(H,18,21)/t12-,13-/m1/s1. The summed E-state index contributed by atoms with van der Waals surface area (Å²) in [6.07, 6.45) is 4.64. The second-order valence-corrected chi connectivity index (χ2v) is 5.98. The number of hydrogen-bond acceptors (Lipinski definition) is 4. The van der Waals surface area contributed by atoms with Gasteiger partial charge in [0.05, 0.1) is 12.6 Å². The summed E-state index contributed by atoms with van der Waals surface area (Å²) in [5, 5.41) is 3.05. The van der Waals surface area contributed by atoms with E-state index in [1.807, 2.05) is 11.1 Å². The average molecular weight is 307 g/mol. The number of amides is 2. The Morgan fingerprint density at radius 3 is 3.14 bits per heavy atom. The van der Waals surface area contributed by atoms with E-state index in [0.29, 0.717) is 19.0 Å². The second kappa shape index (κ2) is 7.11. The van der Waals surface area contributed by atoms with E-state index in [-0.39, 0.29) is 12.1 Å². The van der Waals surface area contributed by atoms with Gasteiger partial charge in [-0.1, -0.05) is 6.92 Å². The third-order valence-electron chi connectivity index (χ3n) is 4.59. The summed E-state index contributed by atoms with van der Waals surface area (Å²) >= 11 is 0. The first-order valence-electron chi connectivity index (χ1n) is 8.11. The Kier molecular flexibility index (Phi) is 4.94. The fourth-order valence-corrected chi connectivity index (χ4v) is 3.19. The van der Waals surface area contributed by atoms with Crippen LogP contribution in [0.3, 0.4) is 0 Å². The molecule has 2 N–H and O–H groups in total. The molecule has 7 heteroatoms. The summed E-state index contributed by atoms with van der Waals surface area (Å²) < 4.78 is 5.35. The van der Waals surface area contributed by atoms with E-state index in [1.165, 1.54) is 0 Å². The minimum atomic E-state index is 0.0270. The lowest BCUT2D eigenvalue weighted by Crippen LogP contribution is -2.53. The van der Waals surface area contributed by atoms with Gasteiger partial charge in [0, 0.05) is 51.1 Å². The number of H-pyrrole nitrogens is 1. The molecule has 2 atom stereocenters. The number of rotatable bonds is 4. The Hall–Kier alpha value is -1.60. The van der Waals surface area contributed by atoms with Gasteiger partial charge in [-0.25, -0.2) is 9.78 Å². The third-order valence-corrected chi connectivity index (χ3v) is 4.59. The number of urea groups is 1. The quantitative estimate of drug-likeness (QED) is 0.864. The van der Waals surface area contributed by atoms with Crippen molar-refractivity contribution >= 4 is 6.03 Å². The minimum absolute atomic E-state index is 0.0270. The number of aromatic amines is 1. The van der Waals surface area contributed by atoms with E-state index in [4.69, 9.17) is 4.74 Å². The molecule has 22 heavy (non-hydrogen) atoms. The molecule has 0 unspecified atom stereocenters. The van der Waals surface area contributed by atoms with Crippen LogP contribution in [0.5, 0.6) is 0 Å². The fraction of sp³-hybridized carbons (Fsp3) is 0.733. The zero-order valence-corrected chi connectivity index (χ0v) is 13.1. The topological polar surface area (TPSA) is 73.5 Å². The summed E-state index contributed by atoms with van der Waals surface area (Å²) in [5.74, 6) is 1.39. The fourth-order valence-electron chi connectivity index (χ4n) is 3.19. The maximum Gasteiger partial charge on any atom is 0.317 e. The summed E-state index contributed by atoms with van der Waals surface area (Å²) in [7, 11) is 0. The highest BCUT2D eigenvalue weighted by molar-refractivity contribution is 5.74. The van der Waals surface area contributed by atoms with Crippen LogP contribution in [-0.2, 0) is 4.74 Å². The maximum absolute atomic E-state index is 12.4. The van der Waals surface area contributed by atoms with Crippen molar-refractivity contribution in [3.8, 4) is 0 Å². The van der Waals surface area contributed by atoms with Crippen LogP contribution in [0.2, 0.25) is 0 Å². The molecule has 0 aliphatic carbocycles. The zero-order chi connectivity index (χ0) is 15.4. The van der Waals surface area contributed by atoms with Crippen molar-refractivity contribution in [1.82, 2.24) is 25.1 Å². The third kappa shape index (κ3) is 3.41. The van der Waals surface area contributed by atoms with E-state index in [1.54, 1.807) is 6.20 Å². The lowest BCUT2D eigenvalue weighted by atomic mass is 10.1. The van der Waals surface area contributed by atoms with Crippen LogP contribution in [0.25, 0.3) is 0 Å². The summed E-state index contributed by atoms with van der Waals surface area (Å²) in [6.45, 7) is 7.70. The molecular formula is C15H25N5O2. The number of carbonyl (C=O) groups is 1. The van der Waals surface area contributed by atoms with Crippen LogP contribution >= 0.6 is 0 Å². The molecule has 0 saturated carbocycles. The number of piperazine rings is 1. The number of nitrogens with one attached hydrogen (secondary N) is 2. The normalized spacial score (nSPS) is 26.3. The SMILES string of the molecule is CCN1CCN(C(=O)NC[C@H]2CCOC2)C[C@@H]1c1ncc[nH]1. The number of carbonyl (C=O) groups excluding carboxylic acids is 1. The predicted octanol–water partition coefficient (Wildman–Crippen LogP) is 0.834. The van der Waals surface area contributed by atoms with Crippen LogP contribution in [0.1, 0.15) is 25.2 Å². The molecule has 2 amide bonds. The van der Waals surface area contributed by atoms with E-state index < -0.39 is 0 Å². The molecule has 2 aliphatic heterocycles. The summed E-state index contributed by atoms with van der Waals surface area (Å²) in [5.41, 5.74) is 0. The van der Waals surface area contributed by atoms with Gasteiger partial charge in [0.15, 0.2) is 0 Å². The van der Waals surface area contributed by atoms with Gasteiger partial charge in [-0.05, 0) is 13.0 Å².